The van der Waals surface area contributed by atoms with E-state index in [2.05, 4.69) is 4.90 Å². The fraction of sp³-hybridized carbons (Fsp3) is 0.429. The van der Waals surface area contributed by atoms with Gasteiger partial charge in [-0.05, 0) is 12.5 Å². The van der Waals surface area contributed by atoms with Gasteiger partial charge >= 0.3 is 0 Å². The third kappa shape index (κ3) is 3.01. The Kier molecular flexibility index (Phi) is 3.69. The number of aryl methyl sites for hydroxylation is 1. The number of carbonyl (C=O) groups is 2. The molecule has 2 rings (SSSR count). The summed E-state index contributed by atoms with van der Waals surface area (Å²) >= 11 is 0. The maximum absolute atomic E-state index is 12.1. The van der Waals surface area contributed by atoms with Gasteiger partial charge in [-0.2, -0.15) is 0 Å². The van der Waals surface area contributed by atoms with E-state index in [1.165, 1.54) is 0 Å². The topological polar surface area (TPSA) is 37.4 Å². The Morgan fingerprint density at radius 1 is 1.24 bits per heavy atom. The van der Waals surface area contributed by atoms with Crippen molar-refractivity contribution >= 4 is 11.6 Å². The number of rotatable bonds is 3. The summed E-state index contributed by atoms with van der Waals surface area (Å²) in [6, 6.07) is 7.64. The van der Waals surface area contributed by atoms with Gasteiger partial charge in [0.25, 0.3) is 0 Å². The monoisotopic (exact) mass is 231 g/mol. The number of carbonyl (C=O) groups excluding carboxylic acids is 2. The van der Waals surface area contributed by atoms with Gasteiger partial charge in [0.05, 0.1) is 6.54 Å². The molecule has 1 aromatic rings. The minimum absolute atomic E-state index is 0.150. The number of piperidine rings is 1. The fourth-order valence-corrected chi connectivity index (χ4v) is 2.13. The molecule has 90 valence electrons. The number of Topliss-reactive ketones (excluding diaryl/α,β-unsaturated/α-hetero) is 2. The van der Waals surface area contributed by atoms with Crippen molar-refractivity contribution in [1.82, 2.24) is 4.90 Å². The predicted octanol–water partition coefficient (Wildman–Crippen LogP) is 1.84. The molecule has 1 aliphatic rings. The Balaban J connectivity index is 1.98. The summed E-state index contributed by atoms with van der Waals surface area (Å²) in [6.07, 6.45) is 1.17. The molecule has 1 saturated heterocycles. The Morgan fingerprint density at radius 3 is 2.53 bits per heavy atom. The van der Waals surface area contributed by atoms with E-state index in [9.17, 15) is 9.59 Å². The minimum Gasteiger partial charge on any atom is -0.300 e. The lowest BCUT2D eigenvalue weighted by molar-refractivity contribution is -0.121. The molecule has 0 unspecified atom stereocenters. The van der Waals surface area contributed by atoms with Gasteiger partial charge in [0, 0.05) is 31.5 Å². The van der Waals surface area contributed by atoms with Gasteiger partial charge in [-0.3, -0.25) is 14.5 Å². The normalized spacial score (nSPS) is 17.1. The Bertz CT molecular complexity index is 430. The van der Waals surface area contributed by atoms with E-state index >= 15 is 0 Å². The van der Waals surface area contributed by atoms with Gasteiger partial charge in [0.1, 0.15) is 5.78 Å². The summed E-state index contributed by atoms with van der Waals surface area (Å²) in [5.74, 6) is 0.460. The van der Waals surface area contributed by atoms with Crippen molar-refractivity contribution in [1.29, 1.82) is 0 Å². The first kappa shape index (κ1) is 12.0. The smallest absolute Gasteiger partial charge is 0.177 e. The zero-order valence-corrected chi connectivity index (χ0v) is 10.1. The zero-order chi connectivity index (χ0) is 12.3. The lowest BCUT2D eigenvalue weighted by Gasteiger charge is -2.25. The largest absolute Gasteiger partial charge is 0.300 e. The molecule has 3 nitrogen and oxygen atoms in total. The van der Waals surface area contributed by atoms with Crippen molar-refractivity contribution in [2.45, 2.75) is 19.8 Å². The van der Waals surface area contributed by atoms with Crippen LogP contribution in [0.3, 0.4) is 0 Å². The molecule has 0 bridgehead atoms. The average molecular weight is 231 g/mol. The van der Waals surface area contributed by atoms with Crippen LogP contribution < -0.4 is 0 Å². The molecule has 0 aromatic heterocycles. The Morgan fingerprint density at radius 2 is 1.88 bits per heavy atom. The van der Waals surface area contributed by atoms with Crippen LogP contribution in [0.5, 0.6) is 0 Å². The number of likely N-dealkylation sites (tertiary alicyclic amines) is 1. The molecular weight excluding hydrogens is 214 g/mol. The predicted molar refractivity (Wildman–Crippen MR) is 66.2 cm³/mol. The molecule has 1 fully saturated rings. The summed E-state index contributed by atoms with van der Waals surface area (Å²) in [4.78, 5) is 25.3. The third-order valence-electron chi connectivity index (χ3n) is 3.23. The molecule has 1 heterocycles. The Hall–Kier alpha value is -1.48. The standard InChI is InChI=1S/C14H17NO2/c1-11-4-2-3-5-13(11)14(17)10-15-8-6-12(16)7-9-15/h2-5H,6-10H2,1H3. The van der Waals surface area contributed by atoms with E-state index in [-0.39, 0.29) is 5.78 Å². The highest BCUT2D eigenvalue weighted by Crippen LogP contribution is 2.11. The maximum Gasteiger partial charge on any atom is 0.177 e. The van der Waals surface area contributed by atoms with E-state index < -0.39 is 0 Å². The van der Waals surface area contributed by atoms with E-state index in [0.717, 1.165) is 24.2 Å². The summed E-state index contributed by atoms with van der Waals surface area (Å²) < 4.78 is 0. The summed E-state index contributed by atoms with van der Waals surface area (Å²) in [5, 5.41) is 0. The van der Waals surface area contributed by atoms with Crippen molar-refractivity contribution in [3.63, 3.8) is 0 Å². The molecule has 0 spiro atoms. The second kappa shape index (κ2) is 5.23. The molecule has 0 atom stereocenters. The van der Waals surface area contributed by atoms with Crippen LogP contribution in [0.2, 0.25) is 0 Å². The van der Waals surface area contributed by atoms with Crippen molar-refractivity contribution < 1.29 is 9.59 Å². The van der Waals surface area contributed by atoms with Crippen LogP contribution in [0, 0.1) is 6.92 Å². The molecule has 1 aromatic carbocycles. The van der Waals surface area contributed by atoms with Crippen LogP contribution in [0.15, 0.2) is 24.3 Å². The van der Waals surface area contributed by atoms with Crippen LogP contribution in [0.4, 0.5) is 0 Å². The number of hydrogen-bond donors (Lipinski definition) is 0. The molecule has 0 N–H and O–H groups in total. The second-order valence-corrected chi connectivity index (χ2v) is 4.55. The SMILES string of the molecule is Cc1ccccc1C(=O)CN1CCC(=O)CC1. The highest BCUT2D eigenvalue weighted by molar-refractivity contribution is 5.99. The molecule has 0 radical (unpaired) electrons. The molecule has 17 heavy (non-hydrogen) atoms. The summed E-state index contributed by atoms with van der Waals surface area (Å²) in [7, 11) is 0. The van der Waals surface area contributed by atoms with E-state index in [1.54, 1.807) is 0 Å². The first-order valence-corrected chi connectivity index (χ1v) is 5.99. The van der Waals surface area contributed by atoms with Crippen molar-refractivity contribution in [2.24, 2.45) is 0 Å². The van der Waals surface area contributed by atoms with Gasteiger partial charge in [0.15, 0.2) is 5.78 Å². The molecular formula is C14H17NO2. The highest BCUT2D eigenvalue weighted by Gasteiger charge is 2.19. The highest BCUT2D eigenvalue weighted by atomic mass is 16.1. The van der Waals surface area contributed by atoms with E-state index in [0.29, 0.717) is 25.2 Å². The number of benzene rings is 1. The fourth-order valence-electron chi connectivity index (χ4n) is 2.13. The molecule has 3 heteroatoms. The quantitative estimate of drug-likeness (QED) is 0.745. The maximum atomic E-state index is 12.1. The van der Waals surface area contributed by atoms with Gasteiger partial charge in [-0.1, -0.05) is 24.3 Å². The number of hydrogen-bond acceptors (Lipinski definition) is 3. The molecule has 0 amide bonds. The van der Waals surface area contributed by atoms with E-state index in [4.69, 9.17) is 0 Å². The van der Waals surface area contributed by atoms with Crippen LogP contribution in [0.25, 0.3) is 0 Å². The molecule has 0 aliphatic carbocycles. The third-order valence-corrected chi connectivity index (χ3v) is 3.23. The first-order valence-electron chi connectivity index (χ1n) is 5.99. The average Bonchev–Trinajstić information content (AvgIpc) is 2.32. The van der Waals surface area contributed by atoms with Crippen molar-refractivity contribution in [3.8, 4) is 0 Å². The zero-order valence-electron chi connectivity index (χ0n) is 10.1. The van der Waals surface area contributed by atoms with Gasteiger partial charge in [-0.25, -0.2) is 0 Å². The van der Waals surface area contributed by atoms with Crippen LogP contribution in [0.1, 0.15) is 28.8 Å². The number of nitrogens with zero attached hydrogens (tertiary/aromatic N) is 1. The second-order valence-electron chi connectivity index (χ2n) is 4.55. The van der Waals surface area contributed by atoms with Crippen molar-refractivity contribution in [3.05, 3.63) is 35.4 Å². The van der Waals surface area contributed by atoms with Crippen LogP contribution in [-0.2, 0) is 4.79 Å². The lowest BCUT2D eigenvalue weighted by Crippen LogP contribution is -2.37. The van der Waals surface area contributed by atoms with E-state index in [1.807, 2.05) is 31.2 Å². The number of ketones is 2. The summed E-state index contributed by atoms with van der Waals surface area (Å²) in [6.45, 7) is 3.82. The summed E-state index contributed by atoms with van der Waals surface area (Å²) in [5.41, 5.74) is 1.81. The van der Waals surface area contributed by atoms with Gasteiger partial charge < -0.3 is 0 Å². The lowest BCUT2D eigenvalue weighted by atomic mass is 10.0. The molecule has 0 saturated carbocycles. The Labute approximate surface area is 101 Å². The first-order chi connectivity index (χ1) is 8.16. The van der Waals surface area contributed by atoms with Crippen molar-refractivity contribution in [2.75, 3.05) is 19.6 Å². The van der Waals surface area contributed by atoms with Gasteiger partial charge in [-0.15, -0.1) is 0 Å². The minimum atomic E-state index is 0.150. The van der Waals surface area contributed by atoms with Crippen LogP contribution in [-0.4, -0.2) is 36.1 Å². The molecule has 1 aliphatic heterocycles. The van der Waals surface area contributed by atoms with Crippen LogP contribution >= 0.6 is 0 Å². The van der Waals surface area contributed by atoms with Gasteiger partial charge in [0.2, 0.25) is 0 Å².